The summed E-state index contributed by atoms with van der Waals surface area (Å²) >= 11 is 1.75. The smallest absolute Gasteiger partial charge is 0.191 e. The minimum absolute atomic E-state index is 0.213. The van der Waals surface area contributed by atoms with Gasteiger partial charge in [0.15, 0.2) is 5.96 Å². The van der Waals surface area contributed by atoms with Gasteiger partial charge in [0.25, 0.3) is 0 Å². The number of benzene rings is 1. The van der Waals surface area contributed by atoms with E-state index >= 15 is 0 Å². The van der Waals surface area contributed by atoms with Crippen LogP contribution in [0.1, 0.15) is 10.4 Å². The van der Waals surface area contributed by atoms with Gasteiger partial charge in [-0.15, -0.1) is 11.3 Å². The lowest BCUT2D eigenvalue weighted by Crippen LogP contribution is -2.37. The molecule has 0 spiro atoms. The Hall–Kier alpha value is -2.08. The van der Waals surface area contributed by atoms with Crippen molar-refractivity contribution in [2.75, 3.05) is 32.6 Å². The number of thiophene rings is 1. The highest BCUT2D eigenvalue weighted by atomic mass is 32.1. The third kappa shape index (κ3) is 5.25. The van der Waals surface area contributed by atoms with E-state index in [0.717, 1.165) is 24.5 Å². The van der Waals surface area contributed by atoms with E-state index in [1.54, 1.807) is 35.4 Å². The van der Waals surface area contributed by atoms with Crippen LogP contribution in [0, 0.1) is 5.82 Å². The average Bonchev–Trinajstić information content (AvgIpc) is 3.03. The van der Waals surface area contributed by atoms with Crippen LogP contribution in [0.4, 0.5) is 10.1 Å². The number of rotatable bonds is 6. The molecule has 124 valence electrons. The van der Waals surface area contributed by atoms with Crippen molar-refractivity contribution in [3.8, 4) is 0 Å². The van der Waals surface area contributed by atoms with Crippen molar-refractivity contribution in [3.05, 3.63) is 52.0 Å². The van der Waals surface area contributed by atoms with Gasteiger partial charge in [0.1, 0.15) is 5.82 Å². The SMILES string of the molecule is CN=C(NCCc1cccs1)NCc1ccc(N(C)C)c(F)c1. The molecule has 1 heterocycles. The predicted octanol–water partition coefficient (Wildman–Crippen LogP) is 2.86. The fraction of sp³-hybridized carbons (Fsp3) is 0.353. The summed E-state index contributed by atoms with van der Waals surface area (Å²) in [7, 11) is 5.39. The highest BCUT2D eigenvalue weighted by molar-refractivity contribution is 7.09. The molecule has 0 fully saturated rings. The summed E-state index contributed by atoms with van der Waals surface area (Å²) in [6.07, 6.45) is 0.963. The van der Waals surface area contributed by atoms with Gasteiger partial charge < -0.3 is 15.5 Å². The highest BCUT2D eigenvalue weighted by Gasteiger charge is 2.06. The molecule has 6 heteroatoms. The van der Waals surface area contributed by atoms with Crippen LogP contribution in [0.5, 0.6) is 0 Å². The van der Waals surface area contributed by atoms with E-state index in [2.05, 4.69) is 33.1 Å². The molecule has 0 saturated heterocycles. The lowest BCUT2D eigenvalue weighted by molar-refractivity contribution is 0.623. The molecule has 0 saturated carbocycles. The van der Waals surface area contributed by atoms with Crippen molar-refractivity contribution in [1.29, 1.82) is 0 Å². The highest BCUT2D eigenvalue weighted by Crippen LogP contribution is 2.18. The Morgan fingerprint density at radius 3 is 2.70 bits per heavy atom. The minimum Gasteiger partial charge on any atom is -0.375 e. The van der Waals surface area contributed by atoms with Gasteiger partial charge in [-0.3, -0.25) is 4.99 Å². The molecule has 2 aromatic rings. The van der Waals surface area contributed by atoms with Crippen LogP contribution in [0.2, 0.25) is 0 Å². The van der Waals surface area contributed by atoms with Gasteiger partial charge in [0.2, 0.25) is 0 Å². The van der Waals surface area contributed by atoms with Crippen LogP contribution < -0.4 is 15.5 Å². The number of nitrogens with one attached hydrogen (secondary N) is 2. The Morgan fingerprint density at radius 2 is 2.09 bits per heavy atom. The van der Waals surface area contributed by atoms with E-state index in [1.165, 1.54) is 4.88 Å². The maximum atomic E-state index is 14.0. The maximum Gasteiger partial charge on any atom is 0.191 e. The van der Waals surface area contributed by atoms with E-state index < -0.39 is 0 Å². The number of hydrogen-bond acceptors (Lipinski definition) is 3. The van der Waals surface area contributed by atoms with Crippen molar-refractivity contribution < 1.29 is 4.39 Å². The molecule has 0 aliphatic heterocycles. The molecule has 2 N–H and O–H groups in total. The second-order valence-corrected chi connectivity index (χ2v) is 6.39. The van der Waals surface area contributed by atoms with Crippen LogP contribution in [0.3, 0.4) is 0 Å². The first-order chi connectivity index (χ1) is 11.1. The van der Waals surface area contributed by atoms with Crippen molar-refractivity contribution in [2.45, 2.75) is 13.0 Å². The minimum atomic E-state index is -0.213. The number of halogens is 1. The summed E-state index contributed by atoms with van der Waals surface area (Å²) in [4.78, 5) is 7.29. The average molecular weight is 334 g/mol. The monoisotopic (exact) mass is 334 g/mol. The molecule has 23 heavy (non-hydrogen) atoms. The number of hydrogen-bond donors (Lipinski definition) is 2. The summed E-state index contributed by atoms with van der Waals surface area (Å²) in [5.41, 5.74) is 1.47. The number of guanidine groups is 1. The largest absolute Gasteiger partial charge is 0.375 e. The second-order valence-electron chi connectivity index (χ2n) is 5.36. The van der Waals surface area contributed by atoms with Crippen molar-refractivity contribution in [2.24, 2.45) is 4.99 Å². The zero-order chi connectivity index (χ0) is 16.7. The van der Waals surface area contributed by atoms with Crippen LogP contribution in [0.15, 0.2) is 40.7 Å². The van der Waals surface area contributed by atoms with Crippen molar-refractivity contribution >= 4 is 23.0 Å². The summed E-state index contributed by atoms with van der Waals surface area (Å²) < 4.78 is 14.0. The molecule has 4 nitrogen and oxygen atoms in total. The molecule has 0 aliphatic carbocycles. The van der Waals surface area contributed by atoms with Gasteiger partial charge in [-0.05, 0) is 35.6 Å². The van der Waals surface area contributed by atoms with Crippen LogP contribution >= 0.6 is 11.3 Å². The van der Waals surface area contributed by atoms with Gasteiger partial charge in [-0.25, -0.2) is 4.39 Å². The topological polar surface area (TPSA) is 39.7 Å². The first-order valence-electron chi connectivity index (χ1n) is 7.53. The van der Waals surface area contributed by atoms with Gasteiger partial charge in [0, 0.05) is 39.1 Å². The van der Waals surface area contributed by atoms with E-state index in [0.29, 0.717) is 12.2 Å². The fourth-order valence-electron chi connectivity index (χ4n) is 2.19. The lowest BCUT2D eigenvalue weighted by Gasteiger charge is -2.15. The quantitative estimate of drug-likeness (QED) is 0.630. The molecule has 2 rings (SSSR count). The summed E-state index contributed by atoms with van der Waals surface area (Å²) in [5, 5.41) is 8.55. The molecule has 0 unspecified atom stereocenters. The standard InChI is InChI=1S/C17H23FN4S/c1-19-17(20-9-8-14-5-4-10-23-14)21-12-13-6-7-16(22(2)3)15(18)11-13/h4-7,10-11H,8-9,12H2,1-3H3,(H2,19,20,21). The van der Waals surface area contributed by atoms with E-state index in [1.807, 2.05) is 20.2 Å². The maximum absolute atomic E-state index is 14.0. The van der Waals surface area contributed by atoms with Gasteiger partial charge >= 0.3 is 0 Å². The Morgan fingerprint density at radius 1 is 1.26 bits per heavy atom. The molecule has 1 aromatic carbocycles. The first kappa shape index (κ1) is 17.3. The zero-order valence-electron chi connectivity index (χ0n) is 13.8. The third-order valence-electron chi connectivity index (χ3n) is 3.42. The predicted molar refractivity (Wildman–Crippen MR) is 97.0 cm³/mol. The fourth-order valence-corrected chi connectivity index (χ4v) is 2.90. The van der Waals surface area contributed by atoms with Crippen LogP contribution in [-0.2, 0) is 13.0 Å². The number of aliphatic imine (C=N–C) groups is 1. The Kier molecular flexibility index (Phi) is 6.40. The summed E-state index contributed by atoms with van der Waals surface area (Å²) in [6, 6.07) is 9.45. The van der Waals surface area contributed by atoms with Gasteiger partial charge in [-0.1, -0.05) is 12.1 Å². The summed E-state index contributed by atoms with van der Waals surface area (Å²) in [5.74, 6) is 0.508. The van der Waals surface area contributed by atoms with E-state index in [4.69, 9.17) is 0 Å². The third-order valence-corrected chi connectivity index (χ3v) is 4.36. The first-order valence-corrected chi connectivity index (χ1v) is 8.40. The molecule has 1 aromatic heterocycles. The Balaban J connectivity index is 1.82. The molecular formula is C17H23FN4S. The molecule has 0 amide bonds. The Bertz CT molecular complexity index is 638. The normalized spacial score (nSPS) is 11.4. The van der Waals surface area contributed by atoms with Gasteiger partial charge in [-0.2, -0.15) is 0 Å². The van der Waals surface area contributed by atoms with E-state index in [-0.39, 0.29) is 5.82 Å². The van der Waals surface area contributed by atoms with Crippen molar-refractivity contribution in [1.82, 2.24) is 10.6 Å². The molecule has 0 radical (unpaired) electrons. The van der Waals surface area contributed by atoms with Crippen LogP contribution in [0.25, 0.3) is 0 Å². The number of anilines is 1. The van der Waals surface area contributed by atoms with Crippen LogP contribution in [-0.4, -0.2) is 33.6 Å². The summed E-state index contributed by atoms with van der Waals surface area (Å²) in [6.45, 7) is 1.34. The van der Waals surface area contributed by atoms with E-state index in [9.17, 15) is 4.39 Å². The zero-order valence-corrected chi connectivity index (χ0v) is 14.6. The van der Waals surface area contributed by atoms with Crippen molar-refractivity contribution in [3.63, 3.8) is 0 Å². The Labute approximate surface area is 141 Å². The molecule has 0 aliphatic rings. The molecule has 0 bridgehead atoms. The number of nitrogens with zero attached hydrogens (tertiary/aromatic N) is 2. The van der Waals surface area contributed by atoms with Gasteiger partial charge in [0.05, 0.1) is 5.69 Å². The molecular weight excluding hydrogens is 311 g/mol. The lowest BCUT2D eigenvalue weighted by atomic mass is 10.2. The second kappa shape index (κ2) is 8.53. The molecule has 0 atom stereocenters.